The minimum absolute atomic E-state index is 0.140. The summed E-state index contributed by atoms with van der Waals surface area (Å²) in [6, 6.07) is 9.67. The number of hydrogen-bond donors (Lipinski definition) is 1. The molecule has 1 aliphatic carbocycles. The van der Waals surface area contributed by atoms with E-state index in [1.165, 1.54) is 24.3 Å². The number of carbonyl (C=O) groups excluding carboxylic acids is 1. The highest BCUT2D eigenvalue weighted by atomic mass is 19.1. The van der Waals surface area contributed by atoms with Crippen LogP contribution in [0.25, 0.3) is 0 Å². The van der Waals surface area contributed by atoms with Gasteiger partial charge in [0.2, 0.25) is 5.91 Å². The normalized spacial score (nSPS) is 20.7. The molecule has 1 fully saturated rings. The number of aryl methyl sites for hydroxylation is 1. The Morgan fingerprint density at radius 3 is 2.23 bits per heavy atom. The molecule has 2 aromatic rings. The molecule has 1 amide bonds. The van der Waals surface area contributed by atoms with Crippen molar-refractivity contribution < 1.29 is 18.0 Å². The zero-order valence-electron chi connectivity index (χ0n) is 14.9. The maximum atomic E-state index is 14.3. The van der Waals surface area contributed by atoms with Crippen LogP contribution in [0.3, 0.4) is 0 Å². The van der Waals surface area contributed by atoms with Gasteiger partial charge in [-0.3, -0.25) is 4.79 Å². The molecule has 0 saturated heterocycles. The minimum atomic E-state index is -0.608. The van der Waals surface area contributed by atoms with Gasteiger partial charge in [-0.15, -0.1) is 0 Å². The predicted molar refractivity (Wildman–Crippen MR) is 94.2 cm³/mol. The summed E-state index contributed by atoms with van der Waals surface area (Å²) in [4.78, 5) is 12.2. The van der Waals surface area contributed by atoms with Crippen LogP contribution in [0.2, 0.25) is 0 Å². The number of rotatable bonds is 6. The van der Waals surface area contributed by atoms with Gasteiger partial charge in [-0.05, 0) is 47.6 Å². The number of halogens is 3. The Labute approximate surface area is 151 Å². The zero-order valence-corrected chi connectivity index (χ0v) is 14.9. The van der Waals surface area contributed by atoms with Crippen molar-refractivity contribution in [3.8, 4) is 0 Å². The van der Waals surface area contributed by atoms with E-state index in [1.54, 1.807) is 12.1 Å². The van der Waals surface area contributed by atoms with Crippen LogP contribution in [-0.4, -0.2) is 12.5 Å². The summed E-state index contributed by atoms with van der Waals surface area (Å²) >= 11 is 0. The highest BCUT2D eigenvalue weighted by Crippen LogP contribution is 2.64. The number of carbonyl (C=O) groups is 1. The molecular weight excluding hydrogens is 339 g/mol. The van der Waals surface area contributed by atoms with Crippen LogP contribution in [0.1, 0.15) is 37.8 Å². The van der Waals surface area contributed by atoms with E-state index < -0.39 is 17.0 Å². The van der Waals surface area contributed by atoms with Crippen LogP contribution in [-0.2, 0) is 16.6 Å². The van der Waals surface area contributed by atoms with E-state index in [0.29, 0.717) is 18.5 Å². The fourth-order valence-electron chi connectivity index (χ4n) is 3.69. The molecule has 5 heteroatoms. The molecule has 0 spiro atoms. The van der Waals surface area contributed by atoms with Gasteiger partial charge in [0.15, 0.2) is 0 Å². The number of amides is 1. The van der Waals surface area contributed by atoms with E-state index in [1.807, 2.05) is 13.8 Å². The predicted octanol–water partition coefficient (Wildman–Crippen LogP) is 4.52. The Morgan fingerprint density at radius 1 is 1.04 bits per heavy atom. The fourth-order valence-corrected chi connectivity index (χ4v) is 3.69. The smallest absolute Gasteiger partial charge is 0.220 e. The molecule has 0 heterocycles. The van der Waals surface area contributed by atoms with Crippen LogP contribution in [0, 0.1) is 22.9 Å². The first-order valence-corrected chi connectivity index (χ1v) is 8.70. The Kier molecular flexibility index (Phi) is 4.82. The summed E-state index contributed by atoms with van der Waals surface area (Å²) < 4.78 is 40.4. The fraction of sp³-hybridized carbons (Fsp3) is 0.381. The molecule has 1 saturated carbocycles. The average Bonchev–Trinajstić information content (AvgIpc) is 3.14. The van der Waals surface area contributed by atoms with Gasteiger partial charge < -0.3 is 5.32 Å². The second kappa shape index (κ2) is 6.78. The van der Waals surface area contributed by atoms with Crippen molar-refractivity contribution >= 4 is 5.91 Å². The van der Waals surface area contributed by atoms with E-state index in [0.717, 1.165) is 18.1 Å². The third kappa shape index (κ3) is 3.62. The van der Waals surface area contributed by atoms with Crippen molar-refractivity contribution in [2.75, 3.05) is 6.54 Å². The first-order valence-electron chi connectivity index (χ1n) is 8.70. The van der Waals surface area contributed by atoms with Gasteiger partial charge in [0, 0.05) is 24.4 Å². The molecule has 2 nitrogen and oxygen atoms in total. The summed E-state index contributed by atoms with van der Waals surface area (Å²) in [5.41, 5.74) is 0.641. The Balaban J connectivity index is 1.62. The molecular formula is C21H22F3NO. The van der Waals surface area contributed by atoms with Crippen molar-refractivity contribution in [3.63, 3.8) is 0 Å². The molecule has 1 aliphatic rings. The van der Waals surface area contributed by atoms with Crippen molar-refractivity contribution in [1.82, 2.24) is 5.32 Å². The second-order valence-electron chi connectivity index (χ2n) is 7.67. The van der Waals surface area contributed by atoms with Crippen molar-refractivity contribution in [2.45, 2.75) is 38.5 Å². The summed E-state index contributed by atoms with van der Waals surface area (Å²) in [7, 11) is 0. The number of hydrogen-bond acceptors (Lipinski definition) is 1. The highest BCUT2D eigenvalue weighted by molar-refractivity contribution is 5.76. The third-order valence-corrected chi connectivity index (χ3v) is 5.50. The summed E-state index contributed by atoms with van der Waals surface area (Å²) in [6.07, 6.45) is 1.50. The van der Waals surface area contributed by atoms with Crippen molar-refractivity contribution in [2.24, 2.45) is 5.41 Å². The van der Waals surface area contributed by atoms with Gasteiger partial charge >= 0.3 is 0 Å². The second-order valence-corrected chi connectivity index (χ2v) is 7.67. The van der Waals surface area contributed by atoms with Gasteiger partial charge in [-0.25, -0.2) is 13.2 Å². The third-order valence-electron chi connectivity index (χ3n) is 5.50. The lowest BCUT2D eigenvalue weighted by Gasteiger charge is -2.22. The van der Waals surface area contributed by atoms with Gasteiger partial charge in [-0.1, -0.05) is 32.0 Å². The molecule has 0 aliphatic heterocycles. The molecule has 0 bridgehead atoms. The van der Waals surface area contributed by atoms with Crippen LogP contribution in [0.5, 0.6) is 0 Å². The van der Waals surface area contributed by atoms with Crippen LogP contribution >= 0.6 is 0 Å². The standard InChI is InChI=1S/C21H22F3NO/c1-20(2)12-21(20,17-9-8-16(23)11-18(17)24)13-25-19(26)10-5-14-3-6-15(22)7-4-14/h3-4,6-9,11H,5,10,12-13H2,1-2H3,(H,25,26). The number of benzene rings is 2. The summed E-state index contributed by atoms with van der Waals surface area (Å²) in [5, 5.41) is 2.89. The van der Waals surface area contributed by atoms with E-state index in [4.69, 9.17) is 0 Å². The first kappa shape index (κ1) is 18.5. The van der Waals surface area contributed by atoms with E-state index in [2.05, 4.69) is 5.32 Å². The SMILES string of the molecule is CC1(C)CC1(CNC(=O)CCc1ccc(F)cc1)c1ccc(F)cc1F. The number of nitrogens with one attached hydrogen (secondary N) is 1. The van der Waals surface area contributed by atoms with Crippen LogP contribution in [0.4, 0.5) is 13.2 Å². The topological polar surface area (TPSA) is 29.1 Å². The summed E-state index contributed by atoms with van der Waals surface area (Å²) in [5.74, 6) is -1.63. The molecule has 1 N–H and O–H groups in total. The molecule has 0 radical (unpaired) electrons. The quantitative estimate of drug-likeness (QED) is 0.805. The average molecular weight is 361 g/mol. The van der Waals surface area contributed by atoms with E-state index in [-0.39, 0.29) is 23.6 Å². The lowest BCUT2D eigenvalue weighted by molar-refractivity contribution is -0.121. The molecule has 0 aromatic heterocycles. The first-order chi connectivity index (χ1) is 12.2. The van der Waals surface area contributed by atoms with E-state index >= 15 is 0 Å². The Morgan fingerprint density at radius 2 is 1.65 bits per heavy atom. The maximum absolute atomic E-state index is 14.3. The molecule has 2 aromatic carbocycles. The van der Waals surface area contributed by atoms with Gasteiger partial charge in [0.05, 0.1) is 0 Å². The lowest BCUT2D eigenvalue weighted by atomic mass is 9.87. The van der Waals surface area contributed by atoms with Gasteiger partial charge in [-0.2, -0.15) is 0 Å². The lowest BCUT2D eigenvalue weighted by Crippen LogP contribution is -2.35. The van der Waals surface area contributed by atoms with Crippen molar-refractivity contribution in [1.29, 1.82) is 0 Å². The van der Waals surface area contributed by atoms with E-state index in [9.17, 15) is 18.0 Å². The minimum Gasteiger partial charge on any atom is -0.355 e. The molecule has 3 rings (SSSR count). The molecule has 1 atom stereocenters. The Hall–Kier alpha value is -2.30. The summed E-state index contributed by atoms with van der Waals surface area (Å²) in [6.45, 7) is 4.34. The largest absolute Gasteiger partial charge is 0.355 e. The van der Waals surface area contributed by atoms with Crippen LogP contribution < -0.4 is 5.32 Å². The van der Waals surface area contributed by atoms with Gasteiger partial charge in [0.1, 0.15) is 17.5 Å². The highest BCUT2D eigenvalue weighted by Gasteiger charge is 2.62. The monoisotopic (exact) mass is 361 g/mol. The van der Waals surface area contributed by atoms with Crippen LogP contribution in [0.15, 0.2) is 42.5 Å². The van der Waals surface area contributed by atoms with Gasteiger partial charge in [0.25, 0.3) is 0 Å². The van der Waals surface area contributed by atoms with Crippen molar-refractivity contribution in [3.05, 3.63) is 71.0 Å². The zero-order chi connectivity index (χ0) is 18.9. The molecule has 138 valence electrons. The Bertz CT molecular complexity index is 817. The maximum Gasteiger partial charge on any atom is 0.220 e. The molecule has 1 unspecified atom stereocenters. The molecule has 26 heavy (non-hydrogen) atoms.